The van der Waals surface area contributed by atoms with Crippen molar-refractivity contribution in [1.82, 2.24) is 15.6 Å². The molecule has 24 heavy (non-hydrogen) atoms. The number of pyridine rings is 1. The van der Waals surface area contributed by atoms with Crippen LogP contribution >= 0.6 is 0 Å². The van der Waals surface area contributed by atoms with Crippen LogP contribution in [0.2, 0.25) is 0 Å². The van der Waals surface area contributed by atoms with Crippen LogP contribution in [0.3, 0.4) is 0 Å². The Kier molecular flexibility index (Phi) is 7.08. The van der Waals surface area contributed by atoms with E-state index in [2.05, 4.69) is 39.7 Å². The maximum atomic E-state index is 5.65. The van der Waals surface area contributed by atoms with Gasteiger partial charge in [0.25, 0.3) is 0 Å². The Bertz CT molecular complexity index is 670. The number of nitrogens with zero attached hydrogens (tertiary/aromatic N) is 2. The first-order valence-corrected chi connectivity index (χ1v) is 8.29. The molecule has 1 aromatic heterocycles. The number of aryl methyl sites for hydroxylation is 1. The minimum Gasteiger partial charge on any atom is -0.494 e. The summed E-state index contributed by atoms with van der Waals surface area (Å²) in [6.45, 7) is 6.23. The van der Waals surface area contributed by atoms with Gasteiger partial charge >= 0.3 is 0 Å². The van der Waals surface area contributed by atoms with E-state index in [-0.39, 0.29) is 0 Å². The van der Waals surface area contributed by atoms with Crippen molar-refractivity contribution < 1.29 is 4.74 Å². The Balaban J connectivity index is 1.84. The first-order valence-electron chi connectivity index (χ1n) is 8.29. The number of hydrogen-bond acceptors (Lipinski definition) is 3. The summed E-state index contributed by atoms with van der Waals surface area (Å²) in [4.78, 5) is 8.40. The number of benzene rings is 1. The van der Waals surface area contributed by atoms with Crippen LogP contribution in [-0.4, -0.2) is 31.1 Å². The summed E-state index contributed by atoms with van der Waals surface area (Å²) < 4.78 is 5.65. The smallest absolute Gasteiger partial charge is 0.191 e. The Morgan fingerprint density at radius 1 is 1.17 bits per heavy atom. The zero-order chi connectivity index (χ0) is 17.2. The van der Waals surface area contributed by atoms with Crippen LogP contribution in [0.15, 0.2) is 47.7 Å². The van der Waals surface area contributed by atoms with Crippen LogP contribution in [-0.2, 0) is 13.0 Å². The second kappa shape index (κ2) is 9.55. The third-order valence-electron chi connectivity index (χ3n) is 3.77. The van der Waals surface area contributed by atoms with Crippen LogP contribution in [0.4, 0.5) is 0 Å². The highest BCUT2D eigenvalue weighted by Crippen LogP contribution is 2.17. The number of ether oxygens (including phenoxy) is 1. The van der Waals surface area contributed by atoms with Crippen LogP contribution < -0.4 is 15.4 Å². The fourth-order valence-electron chi connectivity index (χ4n) is 2.44. The SMILES string of the molecule is CCOc1ccccc1CNC(=NC)NCCc1ccncc1C. The Morgan fingerprint density at radius 2 is 2.00 bits per heavy atom. The summed E-state index contributed by atoms with van der Waals surface area (Å²) in [6, 6.07) is 10.1. The largest absolute Gasteiger partial charge is 0.494 e. The number of hydrogen-bond donors (Lipinski definition) is 2. The van der Waals surface area contributed by atoms with Gasteiger partial charge in [0.15, 0.2) is 5.96 Å². The fourth-order valence-corrected chi connectivity index (χ4v) is 2.44. The molecule has 0 bridgehead atoms. The molecule has 0 fully saturated rings. The fraction of sp³-hybridized carbons (Fsp3) is 0.368. The lowest BCUT2D eigenvalue weighted by Crippen LogP contribution is -2.38. The van der Waals surface area contributed by atoms with Gasteiger partial charge in [0.1, 0.15) is 5.75 Å². The number of rotatable bonds is 7. The molecular formula is C19H26N4O. The molecular weight excluding hydrogens is 300 g/mol. The Morgan fingerprint density at radius 3 is 2.75 bits per heavy atom. The van der Waals surface area contributed by atoms with E-state index in [1.165, 1.54) is 11.1 Å². The molecule has 0 radical (unpaired) electrons. The van der Waals surface area contributed by atoms with Crippen molar-refractivity contribution in [3.05, 3.63) is 59.4 Å². The van der Waals surface area contributed by atoms with Gasteiger partial charge in [-0.15, -0.1) is 0 Å². The van der Waals surface area contributed by atoms with E-state index in [1.807, 2.05) is 37.5 Å². The second-order valence-corrected chi connectivity index (χ2v) is 5.45. The van der Waals surface area contributed by atoms with Gasteiger partial charge in [-0.1, -0.05) is 18.2 Å². The number of aliphatic imine (C=N–C) groups is 1. The third-order valence-corrected chi connectivity index (χ3v) is 3.77. The molecule has 0 aliphatic carbocycles. The van der Waals surface area contributed by atoms with E-state index in [9.17, 15) is 0 Å². The van der Waals surface area contributed by atoms with Crippen molar-refractivity contribution in [1.29, 1.82) is 0 Å². The van der Waals surface area contributed by atoms with Gasteiger partial charge in [0.05, 0.1) is 6.61 Å². The van der Waals surface area contributed by atoms with Crippen LogP contribution in [0.5, 0.6) is 5.75 Å². The molecule has 0 aliphatic rings. The Labute approximate surface area is 144 Å². The molecule has 2 N–H and O–H groups in total. The molecule has 1 aromatic carbocycles. The summed E-state index contributed by atoms with van der Waals surface area (Å²) in [7, 11) is 1.78. The number of nitrogens with one attached hydrogen (secondary N) is 2. The zero-order valence-corrected chi connectivity index (χ0v) is 14.7. The van der Waals surface area contributed by atoms with Gasteiger partial charge in [0, 0.05) is 38.1 Å². The van der Waals surface area contributed by atoms with Crippen molar-refractivity contribution >= 4 is 5.96 Å². The number of para-hydroxylation sites is 1. The van der Waals surface area contributed by atoms with E-state index in [1.54, 1.807) is 7.05 Å². The number of aromatic nitrogens is 1. The quantitative estimate of drug-likeness (QED) is 0.607. The lowest BCUT2D eigenvalue weighted by Gasteiger charge is -2.14. The van der Waals surface area contributed by atoms with Crippen molar-refractivity contribution in [3.63, 3.8) is 0 Å². The topological polar surface area (TPSA) is 58.5 Å². The molecule has 0 saturated heterocycles. The third kappa shape index (κ3) is 5.26. The molecule has 1 heterocycles. The molecule has 0 unspecified atom stereocenters. The maximum Gasteiger partial charge on any atom is 0.191 e. The van der Waals surface area contributed by atoms with E-state index >= 15 is 0 Å². The van der Waals surface area contributed by atoms with Gasteiger partial charge in [-0.3, -0.25) is 9.98 Å². The highest BCUT2D eigenvalue weighted by Gasteiger charge is 2.04. The second-order valence-electron chi connectivity index (χ2n) is 5.45. The minimum absolute atomic E-state index is 0.662. The normalized spacial score (nSPS) is 11.2. The van der Waals surface area contributed by atoms with Crippen molar-refractivity contribution in [2.45, 2.75) is 26.8 Å². The molecule has 0 saturated carbocycles. The monoisotopic (exact) mass is 326 g/mol. The van der Waals surface area contributed by atoms with Gasteiger partial charge in [-0.05, 0) is 43.5 Å². The molecule has 2 aromatic rings. The van der Waals surface area contributed by atoms with Crippen LogP contribution in [0, 0.1) is 6.92 Å². The summed E-state index contributed by atoms with van der Waals surface area (Å²) in [5, 5.41) is 6.68. The predicted octanol–water partition coefficient (Wildman–Crippen LogP) is 2.70. The standard InChI is InChI=1S/C19H26N4O/c1-4-24-18-8-6-5-7-17(18)14-23-19(20-3)22-12-10-16-9-11-21-13-15(16)2/h5-9,11,13H,4,10,12,14H2,1-3H3,(H2,20,22,23). The van der Waals surface area contributed by atoms with E-state index in [4.69, 9.17) is 4.74 Å². The Hall–Kier alpha value is -2.56. The summed E-state index contributed by atoms with van der Waals surface area (Å²) in [5.41, 5.74) is 3.63. The molecule has 0 spiro atoms. The maximum absolute atomic E-state index is 5.65. The van der Waals surface area contributed by atoms with Gasteiger partial charge < -0.3 is 15.4 Å². The number of guanidine groups is 1. The van der Waals surface area contributed by atoms with Crippen molar-refractivity contribution in [2.75, 3.05) is 20.2 Å². The molecule has 2 rings (SSSR count). The van der Waals surface area contributed by atoms with Gasteiger partial charge in [0.2, 0.25) is 0 Å². The zero-order valence-electron chi connectivity index (χ0n) is 14.7. The lowest BCUT2D eigenvalue weighted by molar-refractivity contribution is 0.336. The summed E-state index contributed by atoms with van der Waals surface area (Å²) in [6.07, 6.45) is 4.66. The summed E-state index contributed by atoms with van der Waals surface area (Å²) >= 11 is 0. The average molecular weight is 326 g/mol. The van der Waals surface area contributed by atoms with Crippen molar-refractivity contribution in [3.8, 4) is 5.75 Å². The van der Waals surface area contributed by atoms with Gasteiger partial charge in [-0.25, -0.2) is 0 Å². The minimum atomic E-state index is 0.662. The molecule has 5 heteroatoms. The molecule has 0 atom stereocenters. The average Bonchev–Trinajstić information content (AvgIpc) is 2.61. The molecule has 128 valence electrons. The van der Waals surface area contributed by atoms with Crippen molar-refractivity contribution in [2.24, 2.45) is 4.99 Å². The molecule has 5 nitrogen and oxygen atoms in total. The first-order chi connectivity index (χ1) is 11.7. The van der Waals surface area contributed by atoms with Crippen LogP contribution in [0.25, 0.3) is 0 Å². The highest BCUT2D eigenvalue weighted by atomic mass is 16.5. The molecule has 0 aliphatic heterocycles. The molecule has 0 amide bonds. The van der Waals surface area contributed by atoms with E-state index < -0.39 is 0 Å². The van der Waals surface area contributed by atoms with Gasteiger partial charge in [-0.2, -0.15) is 0 Å². The van der Waals surface area contributed by atoms with E-state index in [0.717, 1.165) is 30.2 Å². The van der Waals surface area contributed by atoms with E-state index in [0.29, 0.717) is 13.2 Å². The summed E-state index contributed by atoms with van der Waals surface area (Å²) in [5.74, 6) is 1.70. The lowest BCUT2D eigenvalue weighted by atomic mass is 10.1. The highest BCUT2D eigenvalue weighted by molar-refractivity contribution is 5.79. The predicted molar refractivity (Wildman–Crippen MR) is 98.5 cm³/mol. The van der Waals surface area contributed by atoms with Crippen LogP contribution in [0.1, 0.15) is 23.6 Å². The first kappa shape index (κ1) is 17.8.